The van der Waals surface area contributed by atoms with Crippen molar-refractivity contribution in [2.45, 2.75) is 24.2 Å². The zero-order valence-corrected chi connectivity index (χ0v) is 10.8. The predicted octanol–water partition coefficient (Wildman–Crippen LogP) is 3.08. The molecule has 1 aliphatic rings. The fourth-order valence-corrected chi connectivity index (χ4v) is 3.15. The van der Waals surface area contributed by atoms with Crippen molar-refractivity contribution in [2.24, 2.45) is 5.41 Å². The lowest BCUT2D eigenvalue weighted by Gasteiger charge is -2.11. The summed E-state index contributed by atoms with van der Waals surface area (Å²) in [6.45, 7) is 0. The predicted molar refractivity (Wildman–Crippen MR) is 67.7 cm³/mol. The number of thioether (sulfide) groups is 1. The van der Waals surface area contributed by atoms with Gasteiger partial charge in [0, 0.05) is 5.75 Å². The molecule has 0 aromatic heterocycles. The molecule has 19 heavy (non-hydrogen) atoms. The maximum atomic E-state index is 13.0. The van der Waals surface area contributed by atoms with Crippen molar-refractivity contribution >= 4 is 23.4 Å². The van der Waals surface area contributed by atoms with E-state index in [0.717, 1.165) is 18.9 Å². The van der Waals surface area contributed by atoms with Gasteiger partial charge in [-0.15, -0.1) is 11.8 Å². The third-order valence-corrected chi connectivity index (χ3v) is 4.55. The first-order valence-electron chi connectivity index (χ1n) is 5.70. The summed E-state index contributed by atoms with van der Waals surface area (Å²) in [5.41, 5.74) is -0.519. The molecule has 1 aromatic rings. The van der Waals surface area contributed by atoms with Crippen LogP contribution in [0.25, 0.3) is 0 Å². The van der Waals surface area contributed by atoms with Gasteiger partial charge in [-0.2, -0.15) is 0 Å². The Morgan fingerprint density at radius 2 is 2.21 bits per heavy atom. The highest BCUT2D eigenvalue weighted by Crippen LogP contribution is 2.52. The van der Waals surface area contributed by atoms with Crippen molar-refractivity contribution in [1.29, 1.82) is 0 Å². The zero-order valence-electron chi connectivity index (χ0n) is 9.97. The van der Waals surface area contributed by atoms with Crippen LogP contribution in [0.5, 0.6) is 0 Å². The van der Waals surface area contributed by atoms with Gasteiger partial charge in [-0.3, -0.25) is 14.9 Å². The second-order valence-corrected chi connectivity index (χ2v) is 5.75. The van der Waals surface area contributed by atoms with Gasteiger partial charge >= 0.3 is 5.97 Å². The first-order chi connectivity index (χ1) is 8.92. The third-order valence-electron chi connectivity index (χ3n) is 3.13. The fourth-order valence-electron chi connectivity index (χ4n) is 1.86. The van der Waals surface area contributed by atoms with Gasteiger partial charge in [0.05, 0.1) is 22.3 Å². The molecule has 1 saturated carbocycles. The Bertz CT molecular complexity index is 530. The Labute approximate surface area is 113 Å². The van der Waals surface area contributed by atoms with Gasteiger partial charge in [-0.25, -0.2) is 4.39 Å². The summed E-state index contributed by atoms with van der Waals surface area (Å²) in [7, 11) is 0. The average Bonchev–Trinajstić information content (AvgIpc) is 3.06. The molecule has 0 radical (unpaired) electrons. The number of carboxylic acids is 1. The van der Waals surface area contributed by atoms with Crippen molar-refractivity contribution in [3.8, 4) is 0 Å². The molecule has 1 aromatic carbocycles. The second kappa shape index (κ2) is 5.16. The van der Waals surface area contributed by atoms with Crippen LogP contribution in [0.3, 0.4) is 0 Å². The van der Waals surface area contributed by atoms with E-state index in [1.54, 1.807) is 0 Å². The highest BCUT2D eigenvalue weighted by molar-refractivity contribution is 7.99. The molecule has 1 aliphatic carbocycles. The summed E-state index contributed by atoms with van der Waals surface area (Å²) in [6, 6.07) is 3.43. The van der Waals surface area contributed by atoms with E-state index >= 15 is 0 Å². The number of hydrogen-bond acceptors (Lipinski definition) is 4. The van der Waals surface area contributed by atoms with Crippen molar-refractivity contribution in [3.63, 3.8) is 0 Å². The van der Waals surface area contributed by atoms with Gasteiger partial charge in [0.2, 0.25) is 0 Å². The summed E-state index contributed by atoms with van der Waals surface area (Å²) in [5.74, 6) is -0.999. The van der Waals surface area contributed by atoms with Gasteiger partial charge in [0.1, 0.15) is 5.82 Å². The lowest BCUT2D eigenvalue weighted by Crippen LogP contribution is -2.11. The standard InChI is InChI=1S/C12H12FNO4S/c13-8-1-2-10(9(5-8)14(17)18)19-7-12(3-4-12)6-11(15)16/h1-2,5H,3-4,6-7H2,(H,15,16). The molecule has 5 nitrogen and oxygen atoms in total. The van der Waals surface area contributed by atoms with Crippen LogP contribution in [0, 0.1) is 21.3 Å². The number of aliphatic carboxylic acids is 1. The summed E-state index contributed by atoms with van der Waals surface area (Å²) >= 11 is 1.22. The molecule has 102 valence electrons. The largest absolute Gasteiger partial charge is 0.481 e. The number of carbonyl (C=O) groups is 1. The van der Waals surface area contributed by atoms with Crippen LogP contribution in [0.1, 0.15) is 19.3 Å². The van der Waals surface area contributed by atoms with Crippen LogP contribution in [0.15, 0.2) is 23.1 Å². The van der Waals surface area contributed by atoms with E-state index in [4.69, 9.17) is 5.11 Å². The minimum atomic E-state index is -0.855. The number of benzene rings is 1. The number of nitro benzene ring substituents is 1. The van der Waals surface area contributed by atoms with E-state index in [-0.39, 0.29) is 17.5 Å². The molecule has 0 atom stereocenters. The minimum Gasteiger partial charge on any atom is -0.481 e. The fraction of sp³-hybridized carbons (Fsp3) is 0.417. The Balaban J connectivity index is 2.08. The molecule has 0 saturated heterocycles. The van der Waals surface area contributed by atoms with Gasteiger partial charge in [0.25, 0.3) is 5.69 Å². The second-order valence-electron chi connectivity index (χ2n) is 4.73. The topological polar surface area (TPSA) is 80.4 Å². The minimum absolute atomic E-state index is 0.0784. The van der Waals surface area contributed by atoms with Crippen molar-refractivity contribution in [3.05, 3.63) is 34.1 Å². The molecule has 0 spiro atoms. The maximum absolute atomic E-state index is 13.0. The summed E-state index contributed by atoms with van der Waals surface area (Å²) in [5, 5.41) is 19.6. The van der Waals surface area contributed by atoms with Crippen LogP contribution in [0.2, 0.25) is 0 Å². The van der Waals surface area contributed by atoms with Gasteiger partial charge in [0.15, 0.2) is 0 Å². The molecule has 0 heterocycles. The van der Waals surface area contributed by atoms with Crippen molar-refractivity contribution in [2.75, 3.05) is 5.75 Å². The molecule has 7 heteroatoms. The molecule has 1 N–H and O–H groups in total. The Morgan fingerprint density at radius 3 is 2.74 bits per heavy atom. The first-order valence-corrected chi connectivity index (χ1v) is 6.69. The van der Waals surface area contributed by atoms with Crippen LogP contribution >= 0.6 is 11.8 Å². The molecule has 0 unspecified atom stereocenters. The highest BCUT2D eigenvalue weighted by Gasteiger charge is 2.44. The SMILES string of the molecule is O=C(O)CC1(CSc2ccc(F)cc2[N+](=O)[O-])CC1. The average molecular weight is 285 g/mol. The van der Waals surface area contributed by atoms with E-state index in [0.29, 0.717) is 10.6 Å². The molecule has 1 fully saturated rings. The van der Waals surface area contributed by atoms with Gasteiger partial charge < -0.3 is 5.11 Å². The quantitative estimate of drug-likeness (QED) is 0.493. The summed E-state index contributed by atoms with van der Waals surface area (Å²) in [6.07, 6.45) is 1.72. The molecular formula is C12H12FNO4S. The van der Waals surface area contributed by atoms with E-state index < -0.39 is 16.7 Å². The Hall–Kier alpha value is -1.63. The number of rotatable bonds is 6. The van der Waals surface area contributed by atoms with Gasteiger partial charge in [-0.1, -0.05) is 0 Å². The van der Waals surface area contributed by atoms with Crippen LogP contribution in [0.4, 0.5) is 10.1 Å². The van der Waals surface area contributed by atoms with Crippen LogP contribution in [-0.4, -0.2) is 21.8 Å². The summed E-state index contributed by atoms with van der Waals surface area (Å²) in [4.78, 5) is 21.3. The molecule has 2 rings (SSSR count). The highest BCUT2D eigenvalue weighted by atomic mass is 32.2. The van der Waals surface area contributed by atoms with E-state index in [1.165, 1.54) is 23.9 Å². The monoisotopic (exact) mass is 285 g/mol. The third kappa shape index (κ3) is 3.44. The van der Waals surface area contributed by atoms with E-state index in [9.17, 15) is 19.3 Å². The smallest absolute Gasteiger partial charge is 0.303 e. The Kier molecular flexibility index (Phi) is 3.75. The number of nitro groups is 1. The number of carboxylic acid groups (broad SMARTS) is 1. The van der Waals surface area contributed by atoms with Crippen molar-refractivity contribution < 1.29 is 19.2 Å². The Morgan fingerprint density at radius 1 is 1.53 bits per heavy atom. The zero-order chi connectivity index (χ0) is 14.0. The van der Waals surface area contributed by atoms with Crippen LogP contribution in [-0.2, 0) is 4.79 Å². The lowest BCUT2D eigenvalue weighted by molar-refractivity contribution is -0.387. The van der Waals surface area contributed by atoms with Crippen molar-refractivity contribution in [1.82, 2.24) is 0 Å². The maximum Gasteiger partial charge on any atom is 0.303 e. The summed E-state index contributed by atoms with van der Waals surface area (Å²) < 4.78 is 13.0. The van der Waals surface area contributed by atoms with Gasteiger partial charge in [-0.05, 0) is 30.4 Å². The molecular weight excluding hydrogens is 273 g/mol. The lowest BCUT2D eigenvalue weighted by atomic mass is 10.1. The van der Waals surface area contributed by atoms with E-state index in [2.05, 4.69) is 0 Å². The molecule has 0 aliphatic heterocycles. The van der Waals surface area contributed by atoms with E-state index in [1.807, 2.05) is 0 Å². The number of halogens is 1. The molecule has 0 amide bonds. The first kappa shape index (κ1) is 13.8. The normalized spacial score (nSPS) is 16.1. The number of hydrogen-bond donors (Lipinski definition) is 1. The number of nitrogens with zero attached hydrogens (tertiary/aromatic N) is 1. The van der Waals surface area contributed by atoms with Crippen LogP contribution < -0.4 is 0 Å². The molecule has 0 bridgehead atoms.